The number of hydrogen-bond donors (Lipinski definition) is 0. The Morgan fingerprint density at radius 2 is 1.71 bits per heavy atom. The van der Waals surface area contributed by atoms with E-state index in [1.165, 1.54) is 12.5 Å². The minimum absolute atomic E-state index is 0.130. The molecule has 1 saturated heterocycles. The van der Waals surface area contributed by atoms with E-state index in [-0.39, 0.29) is 5.03 Å². The van der Waals surface area contributed by atoms with Gasteiger partial charge < -0.3 is 9.31 Å². The smallest absolute Gasteiger partial charge is 0.399 e. The standard InChI is InChI=1S/C14H22BNO4S/c1-7-10-8-11(9-16-12(10)21(6,17)18)15-19-13(2,3)14(4,5)20-15/h8-9H,7H2,1-6H3. The first-order valence-corrected chi connectivity index (χ1v) is 8.91. The van der Waals surface area contributed by atoms with E-state index in [1.807, 2.05) is 40.7 Å². The lowest BCUT2D eigenvalue weighted by Gasteiger charge is -2.32. The van der Waals surface area contributed by atoms with Crippen molar-refractivity contribution < 1.29 is 17.7 Å². The van der Waals surface area contributed by atoms with Gasteiger partial charge in [0.1, 0.15) is 0 Å². The number of nitrogens with zero attached hydrogens (tertiary/aromatic N) is 1. The summed E-state index contributed by atoms with van der Waals surface area (Å²) in [7, 11) is -3.85. The third kappa shape index (κ3) is 3.00. The first kappa shape index (κ1) is 16.5. The second-order valence-electron chi connectivity index (χ2n) is 6.45. The highest BCUT2D eigenvalue weighted by molar-refractivity contribution is 7.90. The summed E-state index contributed by atoms with van der Waals surface area (Å²) in [5.41, 5.74) is 0.571. The van der Waals surface area contributed by atoms with E-state index in [4.69, 9.17) is 9.31 Å². The van der Waals surface area contributed by atoms with Crippen LogP contribution >= 0.6 is 0 Å². The zero-order valence-electron chi connectivity index (χ0n) is 13.4. The molecule has 0 aliphatic carbocycles. The summed E-state index contributed by atoms with van der Waals surface area (Å²) in [4.78, 5) is 4.11. The Bertz CT molecular complexity index is 639. The Labute approximate surface area is 127 Å². The lowest BCUT2D eigenvalue weighted by atomic mass is 9.79. The molecule has 1 aliphatic rings. The minimum Gasteiger partial charge on any atom is -0.399 e. The number of aryl methyl sites for hydroxylation is 1. The molecule has 0 unspecified atom stereocenters. The second kappa shape index (κ2) is 5.07. The van der Waals surface area contributed by atoms with Gasteiger partial charge in [0.25, 0.3) is 0 Å². The van der Waals surface area contributed by atoms with Gasteiger partial charge in [-0.3, -0.25) is 0 Å². The normalized spacial score (nSPS) is 20.8. The van der Waals surface area contributed by atoms with E-state index in [0.717, 1.165) is 5.46 Å². The average molecular weight is 311 g/mol. The zero-order valence-corrected chi connectivity index (χ0v) is 14.2. The van der Waals surface area contributed by atoms with Crippen LogP contribution in [0.25, 0.3) is 0 Å². The van der Waals surface area contributed by atoms with Gasteiger partial charge >= 0.3 is 7.12 Å². The van der Waals surface area contributed by atoms with E-state index >= 15 is 0 Å². The summed E-state index contributed by atoms with van der Waals surface area (Å²) in [6.45, 7) is 9.82. The summed E-state index contributed by atoms with van der Waals surface area (Å²) >= 11 is 0. The summed E-state index contributed by atoms with van der Waals surface area (Å²) in [6.07, 6.45) is 3.28. The fraction of sp³-hybridized carbons (Fsp3) is 0.643. The Hall–Kier alpha value is -0.915. The molecule has 0 aromatic carbocycles. The molecule has 0 atom stereocenters. The maximum atomic E-state index is 11.7. The van der Waals surface area contributed by atoms with Crippen LogP contribution < -0.4 is 5.46 Å². The SMILES string of the molecule is CCc1cc(B2OC(C)(C)C(C)(C)O2)cnc1S(C)(=O)=O. The Morgan fingerprint density at radius 3 is 2.14 bits per heavy atom. The first-order valence-electron chi connectivity index (χ1n) is 7.02. The monoisotopic (exact) mass is 311 g/mol. The van der Waals surface area contributed by atoms with Crippen molar-refractivity contribution in [1.82, 2.24) is 4.98 Å². The third-order valence-electron chi connectivity index (χ3n) is 4.20. The second-order valence-corrected chi connectivity index (χ2v) is 8.38. The predicted molar refractivity (Wildman–Crippen MR) is 82.4 cm³/mol. The van der Waals surface area contributed by atoms with Gasteiger partial charge in [0.2, 0.25) is 0 Å². The number of sulfone groups is 1. The number of rotatable bonds is 3. The van der Waals surface area contributed by atoms with Crippen LogP contribution in [0, 0.1) is 0 Å². The van der Waals surface area contributed by atoms with Crippen LogP contribution in [0.2, 0.25) is 0 Å². The molecule has 7 heteroatoms. The zero-order chi connectivity index (χ0) is 16.1. The number of hydrogen-bond acceptors (Lipinski definition) is 5. The van der Waals surface area contributed by atoms with Crippen molar-refractivity contribution in [3.05, 3.63) is 17.8 Å². The quantitative estimate of drug-likeness (QED) is 0.788. The van der Waals surface area contributed by atoms with Crippen LogP contribution in [0.1, 0.15) is 40.2 Å². The Morgan fingerprint density at radius 1 is 1.19 bits per heavy atom. The molecule has 5 nitrogen and oxygen atoms in total. The molecule has 0 radical (unpaired) electrons. The molecule has 116 valence electrons. The molecule has 2 heterocycles. The largest absolute Gasteiger partial charge is 0.496 e. The fourth-order valence-corrected chi connectivity index (χ4v) is 3.14. The lowest BCUT2D eigenvalue weighted by Crippen LogP contribution is -2.41. The van der Waals surface area contributed by atoms with Gasteiger partial charge in [-0.25, -0.2) is 13.4 Å². The van der Waals surface area contributed by atoms with Gasteiger partial charge in [-0.2, -0.15) is 0 Å². The van der Waals surface area contributed by atoms with Crippen molar-refractivity contribution in [3.63, 3.8) is 0 Å². The van der Waals surface area contributed by atoms with Crippen molar-refractivity contribution in [2.45, 2.75) is 57.3 Å². The first-order chi connectivity index (χ1) is 9.48. The van der Waals surface area contributed by atoms with E-state index in [9.17, 15) is 8.42 Å². The van der Waals surface area contributed by atoms with Crippen LogP contribution in [0.3, 0.4) is 0 Å². The topological polar surface area (TPSA) is 65.5 Å². The number of aromatic nitrogens is 1. The molecule has 1 fully saturated rings. The van der Waals surface area contributed by atoms with Crippen LogP contribution in [-0.4, -0.2) is 38.0 Å². The molecule has 0 saturated carbocycles. The van der Waals surface area contributed by atoms with Crippen molar-refractivity contribution in [2.75, 3.05) is 6.26 Å². The predicted octanol–water partition coefficient (Wildman–Crippen LogP) is 1.35. The van der Waals surface area contributed by atoms with Crippen LogP contribution in [0.5, 0.6) is 0 Å². The van der Waals surface area contributed by atoms with Crippen LogP contribution in [0.15, 0.2) is 17.3 Å². The molecule has 1 aromatic rings. The van der Waals surface area contributed by atoms with Crippen molar-refractivity contribution in [1.29, 1.82) is 0 Å². The minimum atomic E-state index is -3.32. The summed E-state index contributed by atoms with van der Waals surface area (Å²) in [5.74, 6) is 0. The maximum absolute atomic E-state index is 11.7. The van der Waals surface area contributed by atoms with Gasteiger partial charge in [0.15, 0.2) is 14.9 Å². The highest BCUT2D eigenvalue weighted by Crippen LogP contribution is 2.36. The molecule has 1 aliphatic heterocycles. The van der Waals surface area contributed by atoms with E-state index in [2.05, 4.69) is 4.98 Å². The van der Waals surface area contributed by atoms with Crippen molar-refractivity contribution in [3.8, 4) is 0 Å². The van der Waals surface area contributed by atoms with Gasteiger partial charge in [-0.1, -0.05) is 13.0 Å². The van der Waals surface area contributed by atoms with Gasteiger partial charge in [0, 0.05) is 17.9 Å². The van der Waals surface area contributed by atoms with E-state index < -0.39 is 28.2 Å². The molecule has 1 aromatic heterocycles. The van der Waals surface area contributed by atoms with Gasteiger partial charge in [-0.05, 0) is 39.7 Å². The fourth-order valence-electron chi connectivity index (χ4n) is 2.21. The molecule has 21 heavy (non-hydrogen) atoms. The molecule has 0 bridgehead atoms. The van der Waals surface area contributed by atoms with E-state index in [1.54, 1.807) is 0 Å². The lowest BCUT2D eigenvalue weighted by molar-refractivity contribution is 0.00578. The summed E-state index contributed by atoms with van der Waals surface area (Å²) in [5, 5.41) is 0.130. The molecular weight excluding hydrogens is 289 g/mol. The molecule has 0 spiro atoms. The maximum Gasteiger partial charge on any atom is 0.496 e. The van der Waals surface area contributed by atoms with E-state index in [0.29, 0.717) is 12.0 Å². The van der Waals surface area contributed by atoms with Gasteiger partial charge in [-0.15, -0.1) is 0 Å². The summed E-state index contributed by atoms with van der Waals surface area (Å²) < 4.78 is 35.4. The molecule has 0 amide bonds. The molecule has 2 rings (SSSR count). The van der Waals surface area contributed by atoms with Crippen molar-refractivity contribution >= 4 is 22.4 Å². The Kier molecular flexibility index (Phi) is 3.97. The van der Waals surface area contributed by atoms with Gasteiger partial charge in [0.05, 0.1) is 11.2 Å². The van der Waals surface area contributed by atoms with Crippen LogP contribution in [0.4, 0.5) is 0 Å². The third-order valence-corrected chi connectivity index (χ3v) is 5.27. The molecule has 0 N–H and O–H groups in total. The van der Waals surface area contributed by atoms with Crippen molar-refractivity contribution in [2.24, 2.45) is 0 Å². The Balaban J connectivity index is 2.40. The molecular formula is C14H22BNO4S. The van der Waals surface area contributed by atoms with Crippen LogP contribution in [-0.2, 0) is 25.6 Å². The average Bonchev–Trinajstić information content (AvgIpc) is 2.56. The summed E-state index contributed by atoms with van der Waals surface area (Å²) in [6, 6.07) is 1.81. The highest BCUT2D eigenvalue weighted by Gasteiger charge is 2.51. The number of pyridine rings is 1. The highest BCUT2D eigenvalue weighted by atomic mass is 32.2.